The molecular formula is C12H10F2N2O2. The Morgan fingerprint density at radius 2 is 2.06 bits per heavy atom. The minimum Gasteiger partial charge on any atom is -0.338 e. The number of carbonyl (C=O) groups excluding carboxylic acids is 1. The molecule has 1 atom stereocenters. The van der Waals surface area contributed by atoms with E-state index in [1.807, 2.05) is 0 Å². The molecule has 1 unspecified atom stereocenters. The quantitative estimate of drug-likeness (QED) is 0.842. The molecule has 0 bridgehead atoms. The average molecular weight is 252 g/mol. The standard InChI is InChI=1S/C12H10F2N2O2/c1-6(7(2)17)12-15-11(16-18-12)8-3-4-9(13)10(14)5-8/h3-6H,1-2H3. The summed E-state index contributed by atoms with van der Waals surface area (Å²) in [4.78, 5) is 15.1. The van der Waals surface area contributed by atoms with Gasteiger partial charge in [0.25, 0.3) is 0 Å². The monoisotopic (exact) mass is 252 g/mol. The zero-order valence-corrected chi connectivity index (χ0v) is 9.78. The summed E-state index contributed by atoms with van der Waals surface area (Å²) in [6, 6.07) is 3.29. The summed E-state index contributed by atoms with van der Waals surface area (Å²) in [5.41, 5.74) is 0.291. The fourth-order valence-corrected chi connectivity index (χ4v) is 1.34. The lowest BCUT2D eigenvalue weighted by molar-refractivity contribution is -0.118. The van der Waals surface area contributed by atoms with Gasteiger partial charge in [0.2, 0.25) is 11.7 Å². The number of Topliss-reactive ketones (excluding diaryl/α,β-unsaturated/α-hetero) is 1. The maximum absolute atomic E-state index is 13.0. The number of carbonyl (C=O) groups is 1. The minimum atomic E-state index is -0.988. The van der Waals surface area contributed by atoms with Crippen molar-refractivity contribution in [3.63, 3.8) is 0 Å². The molecule has 2 rings (SSSR count). The Bertz CT molecular complexity index is 596. The zero-order valence-electron chi connectivity index (χ0n) is 9.78. The molecule has 4 nitrogen and oxygen atoms in total. The van der Waals surface area contributed by atoms with Gasteiger partial charge in [0.15, 0.2) is 11.6 Å². The van der Waals surface area contributed by atoms with Crippen molar-refractivity contribution in [2.45, 2.75) is 19.8 Å². The molecule has 0 amide bonds. The molecule has 0 radical (unpaired) electrons. The van der Waals surface area contributed by atoms with Gasteiger partial charge in [-0.2, -0.15) is 4.98 Å². The van der Waals surface area contributed by atoms with Gasteiger partial charge in [-0.3, -0.25) is 4.79 Å². The molecule has 0 N–H and O–H groups in total. The number of hydrogen-bond donors (Lipinski definition) is 0. The largest absolute Gasteiger partial charge is 0.338 e. The van der Waals surface area contributed by atoms with Crippen LogP contribution in [0.1, 0.15) is 25.7 Å². The molecule has 0 spiro atoms. The van der Waals surface area contributed by atoms with Gasteiger partial charge >= 0.3 is 0 Å². The second-order valence-corrected chi connectivity index (χ2v) is 3.92. The molecule has 0 aliphatic carbocycles. The van der Waals surface area contributed by atoms with Crippen LogP contribution in [0.3, 0.4) is 0 Å². The van der Waals surface area contributed by atoms with Gasteiger partial charge < -0.3 is 4.52 Å². The van der Waals surface area contributed by atoms with Gasteiger partial charge in [0.05, 0.1) is 5.92 Å². The summed E-state index contributed by atoms with van der Waals surface area (Å²) in [5, 5.41) is 3.63. The summed E-state index contributed by atoms with van der Waals surface area (Å²) in [5.74, 6) is -2.29. The molecule has 2 aromatic rings. The second kappa shape index (κ2) is 4.64. The normalized spacial score (nSPS) is 12.4. The summed E-state index contributed by atoms with van der Waals surface area (Å²) < 4.78 is 30.7. The van der Waals surface area contributed by atoms with Crippen LogP contribution >= 0.6 is 0 Å². The number of aromatic nitrogens is 2. The third-order valence-electron chi connectivity index (χ3n) is 2.60. The molecule has 6 heteroatoms. The first-order valence-corrected chi connectivity index (χ1v) is 5.28. The zero-order chi connectivity index (χ0) is 13.3. The summed E-state index contributed by atoms with van der Waals surface area (Å²) >= 11 is 0. The molecule has 1 aromatic carbocycles. The third-order valence-corrected chi connectivity index (χ3v) is 2.60. The van der Waals surface area contributed by atoms with E-state index >= 15 is 0 Å². The molecule has 1 aromatic heterocycles. The van der Waals surface area contributed by atoms with Crippen LogP contribution in [0.15, 0.2) is 22.7 Å². The van der Waals surface area contributed by atoms with Crippen LogP contribution in [-0.2, 0) is 4.79 Å². The van der Waals surface area contributed by atoms with Gasteiger partial charge in [0.1, 0.15) is 5.78 Å². The lowest BCUT2D eigenvalue weighted by Crippen LogP contribution is -2.04. The molecule has 0 aliphatic rings. The van der Waals surface area contributed by atoms with Crippen LogP contribution in [0.4, 0.5) is 8.78 Å². The Hall–Kier alpha value is -2.11. The Balaban J connectivity index is 2.35. The van der Waals surface area contributed by atoms with E-state index in [2.05, 4.69) is 10.1 Å². The van der Waals surface area contributed by atoms with Crippen molar-refractivity contribution < 1.29 is 18.1 Å². The molecule has 0 fully saturated rings. The van der Waals surface area contributed by atoms with Crippen LogP contribution < -0.4 is 0 Å². The number of hydrogen-bond acceptors (Lipinski definition) is 4. The van der Waals surface area contributed by atoms with Crippen LogP contribution in [0.5, 0.6) is 0 Å². The molecule has 94 valence electrons. The first-order chi connectivity index (χ1) is 8.49. The fraction of sp³-hybridized carbons (Fsp3) is 0.250. The fourth-order valence-electron chi connectivity index (χ4n) is 1.34. The smallest absolute Gasteiger partial charge is 0.237 e. The van der Waals surface area contributed by atoms with E-state index in [4.69, 9.17) is 4.52 Å². The van der Waals surface area contributed by atoms with Crippen molar-refractivity contribution in [3.8, 4) is 11.4 Å². The Morgan fingerprint density at radius 1 is 1.33 bits per heavy atom. The van der Waals surface area contributed by atoms with Crippen molar-refractivity contribution in [1.29, 1.82) is 0 Å². The third kappa shape index (κ3) is 2.27. The first kappa shape index (κ1) is 12.3. The number of nitrogens with zero attached hydrogens (tertiary/aromatic N) is 2. The van der Waals surface area contributed by atoms with Crippen molar-refractivity contribution in [3.05, 3.63) is 35.7 Å². The van der Waals surface area contributed by atoms with Crippen LogP contribution in [0.25, 0.3) is 11.4 Å². The Kier molecular flexibility index (Phi) is 3.18. The summed E-state index contributed by atoms with van der Waals surface area (Å²) in [6.45, 7) is 3.04. The number of halogens is 2. The van der Waals surface area contributed by atoms with Gasteiger partial charge in [-0.1, -0.05) is 5.16 Å². The van der Waals surface area contributed by atoms with Crippen molar-refractivity contribution in [1.82, 2.24) is 10.1 Å². The predicted molar refractivity (Wildman–Crippen MR) is 58.7 cm³/mol. The van der Waals surface area contributed by atoms with Crippen molar-refractivity contribution in [2.24, 2.45) is 0 Å². The maximum atomic E-state index is 13.0. The SMILES string of the molecule is CC(=O)C(C)c1nc(-c2ccc(F)c(F)c2)no1. The van der Waals surface area contributed by atoms with Gasteiger partial charge in [-0.05, 0) is 32.0 Å². The topological polar surface area (TPSA) is 56.0 Å². The predicted octanol–water partition coefficient (Wildman–Crippen LogP) is 2.71. The minimum absolute atomic E-state index is 0.115. The van der Waals surface area contributed by atoms with E-state index in [0.29, 0.717) is 5.56 Å². The highest BCUT2D eigenvalue weighted by Gasteiger charge is 2.19. The van der Waals surface area contributed by atoms with E-state index in [0.717, 1.165) is 12.1 Å². The lowest BCUT2D eigenvalue weighted by atomic mass is 10.1. The highest BCUT2D eigenvalue weighted by Crippen LogP contribution is 2.21. The molecule has 0 aliphatic heterocycles. The average Bonchev–Trinajstić information content (AvgIpc) is 2.81. The van der Waals surface area contributed by atoms with E-state index < -0.39 is 17.6 Å². The molecular weight excluding hydrogens is 242 g/mol. The van der Waals surface area contributed by atoms with Crippen LogP contribution in [0.2, 0.25) is 0 Å². The van der Waals surface area contributed by atoms with Gasteiger partial charge in [-0.25, -0.2) is 8.78 Å². The number of benzene rings is 1. The van der Waals surface area contributed by atoms with Gasteiger partial charge in [0, 0.05) is 5.56 Å². The van der Waals surface area contributed by atoms with Gasteiger partial charge in [-0.15, -0.1) is 0 Å². The summed E-state index contributed by atoms with van der Waals surface area (Å²) in [7, 11) is 0. The Labute approximate surface area is 102 Å². The van der Waals surface area contributed by atoms with E-state index in [9.17, 15) is 13.6 Å². The molecule has 0 saturated heterocycles. The second-order valence-electron chi connectivity index (χ2n) is 3.92. The lowest BCUT2D eigenvalue weighted by Gasteiger charge is -1.98. The molecule has 0 saturated carbocycles. The summed E-state index contributed by atoms with van der Waals surface area (Å²) in [6.07, 6.45) is 0. The number of rotatable bonds is 3. The van der Waals surface area contributed by atoms with Crippen molar-refractivity contribution >= 4 is 5.78 Å². The Morgan fingerprint density at radius 3 is 2.67 bits per heavy atom. The van der Waals surface area contributed by atoms with E-state index in [1.54, 1.807) is 6.92 Å². The van der Waals surface area contributed by atoms with E-state index in [-0.39, 0.29) is 17.5 Å². The number of ketones is 1. The first-order valence-electron chi connectivity index (χ1n) is 5.28. The van der Waals surface area contributed by atoms with Crippen LogP contribution in [-0.4, -0.2) is 15.9 Å². The van der Waals surface area contributed by atoms with Crippen molar-refractivity contribution in [2.75, 3.05) is 0 Å². The molecule has 1 heterocycles. The molecule has 18 heavy (non-hydrogen) atoms. The van der Waals surface area contributed by atoms with Crippen LogP contribution in [0, 0.1) is 11.6 Å². The highest BCUT2D eigenvalue weighted by atomic mass is 19.2. The van der Waals surface area contributed by atoms with E-state index in [1.165, 1.54) is 13.0 Å². The maximum Gasteiger partial charge on any atom is 0.237 e. The highest BCUT2D eigenvalue weighted by molar-refractivity contribution is 5.81.